The van der Waals surface area contributed by atoms with Gasteiger partial charge in [-0.2, -0.15) is 5.10 Å². The van der Waals surface area contributed by atoms with Crippen LogP contribution < -0.4 is 10.2 Å². The lowest BCUT2D eigenvalue weighted by Crippen LogP contribution is -2.27. The number of carbonyl (C=O) groups is 1. The molecule has 0 fully saturated rings. The maximum absolute atomic E-state index is 12.1. The van der Waals surface area contributed by atoms with Crippen molar-refractivity contribution in [2.75, 3.05) is 7.11 Å². The monoisotopic (exact) mass is 360 g/mol. The highest BCUT2D eigenvalue weighted by Gasteiger charge is 2.15. The van der Waals surface area contributed by atoms with Crippen LogP contribution in [0.1, 0.15) is 23.9 Å². The Kier molecular flexibility index (Phi) is 6.35. The number of hydrogen-bond donors (Lipinski definition) is 2. The topological polar surface area (TPSA) is 96.7 Å². The first-order chi connectivity index (χ1) is 11.9. The highest BCUT2D eigenvalue weighted by Crippen LogP contribution is 2.25. The fraction of sp³-hybridized carbons (Fsp3) is 0.294. The summed E-state index contributed by atoms with van der Waals surface area (Å²) < 4.78 is 5.02. The minimum Gasteiger partial charge on any atom is -0.504 e. The largest absolute Gasteiger partial charge is 0.504 e. The van der Waals surface area contributed by atoms with Gasteiger partial charge in [0.15, 0.2) is 16.7 Å². The fourth-order valence-electron chi connectivity index (χ4n) is 1.99. The van der Waals surface area contributed by atoms with Crippen molar-refractivity contribution in [1.82, 2.24) is 15.4 Å². The molecule has 0 saturated heterocycles. The average molecular weight is 360 g/mol. The van der Waals surface area contributed by atoms with Gasteiger partial charge in [-0.1, -0.05) is 11.8 Å². The van der Waals surface area contributed by atoms with Crippen LogP contribution in [0.3, 0.4) is 0 Å². The molecule has 7 nitrogen and oxygen atoms in total. The van der Waals surface area contributed by atoms with E-state index in [-0.39, 0.29) is 11.7 Å². The van der Waals surface area contributed by atoms with Crippen LogP contribution in [-0.2, 0) is 4.79 Å². The van der Waals surface area contributed by atoms with Gasteiger partial charge in [0.1, 0.15) is 0 Å². The third-order valence-electron chi connectivity index (χ3n) is 3.21. The van der Waals surface area contributed by atoms with E-state index < -0.39 is 5.25 Å². The number of phenolic OH excluding ortho intramolecular Hbond substituents is 1. The molecule has 8 heteroatoms. The molecule has 0 radical (unpaired) electrons. The number of aromatic nitrogens is 2. The lowest BCUT2D eigenvalue weighted by molar-refractivity contribution is -0.120. The molecule has 0 aliphatic heterocycles. The number of aromatic hydroxyl groups is 1. The zero-order chi connectivity index (χ0) is 18.4. The minimum atomic E-state index is -0.396. The van der Waals surface area contributed by atoms with Crippen molar-refractivity contribution >= 4 is 23.9 Å². The van der Waals surface area contributed by atoms with E-state index in [4.69, 9.17) is 4.74 Å². The van der Waals surface area contributed by atoms with Crippen LogP contribution >= 0.6 is 11.8 Å². The maximum Gasteiger partial charge on any atom is 0.253 e. The van der Waals surface area contributed by atoms with Crippen LogP contribution in [0, 0.1) is 13.8 Å². The molecule has 0 spiro atoms. The minimum absolute atomic E-state index is 0.0437. The molecule has 25 heavy (non-hydrogen) atoms. The molecule has 2 rings (SSSR count). The molecule has 0 aliphatic rings. The molecule has 0 aliphatic carbocycles. The van der Waals surface area contributed by atoms with E-state index in [9.17, 15) is 9.90 Å². The number of phenols is 1. The number of thioether (sulfide) groups is 1. The molecule has 1 heterocycles. The lowest BCUT2D eigenvalue weighted by Gasteiger charge is -2.09. The number of ether oxygens (including phenoxy) is 1. The van der Waals surface area contributed by atoms with Crippen molar-refractivity contribution in [3.05, 3.63) is 41.2 Å². The van der Waals surface area contributed by atoms with Gasteiger partial charge in [0.25, 0.3) is 5.91 Å². The van der Waals surface area contributed by atoms with Crippen LogP contribution in [0.5, 0.6) is 11.5 Å². The molecule has 0 unspecified atom stereocenters. The van der Waals surface area contributed by atoms with Gasteiger partial charge in [-0.3, -0.25) is 4.79 Å². The van der Waals surface area contributed by atoms with Crippen molar-refractivity contribution in [3.8, 4) is 11.5 Å². The fourth-order valence-corrected chi connectivity index (χ4v) is 2.86. The van der Waals surface area contributed by atoms with Gasteiger partial charge in [0.05, 0.1) is 18.6 Å². The quantitative estimate of drug-likeness (QED) is 0.355. The Hall–Kier alpha value is -2.61. The summed E-state index contributed by atoms with van der Waals surface area (Å²) in [7, 11) is 1.46. The second kappa shape index (κ2) is 8.48. The van der Waals surface area contributed by atoms with Crippen LogP contribution in [0.4, 0.5) is 0 Å². The summed E-state index contributed by atoms with van der Waals surface area (Å²) in [6.07, 6.45) is 1.48. The molecule has 1 atom stereocenters. The van der Waals surface area contributed by atoms with Crippen molar-refractivity contribution in [2.24, 2.45) is 5.10 Å². The van der Waals surface area contributed by atoms with Crippen molar-refractivity contribution in [3.63, 3.8) is 0 Å². The number of aryl methyl sites for hydroxylation is 2. The number of benzene rings is 1. The third-order valence-corrected chi connectivity index (χ3v) is 4.17. The van der Waals surface area contributed by atoms with Gasteiger partial charge >= 0.3 is 0 Å². The van der Waals surface area contributed by atoms with Gasteiger partial charge in [0.2, 0.25) is 0 Å². The van der Waals surface area contributed by atoms with Gasteiger partial charge in [0, 0.05) is 11.4 Å². The number of carbonyl (C=O) groups excluding carboxylic acids is 1. The maximum atomic E-state index is 12.1. The molecule has 1 aromatic heterocycles. The van der Waals surface area contributed by atoms with Crippen LogP contribution in [0.2, 0.25) is 0 Å². The zero-order valence-corrected chi connectivity index (χ0v) is 15.3. The first kappa shape index (κ1) is 18.7. The Bertz CT molecular complexity index is 775. The van der Waals surface area contributed by atoms with Gasteiger partial charge in [-0.25, -0.2) is 15.4 Å². The van der Waals surface area contributed by atoms with Crippen molar-refractivity contribution in [2.45, 2.75) is 31.2 Å². The standard InChI is InChI=1S/C17H20N4O3S/c1-10-7-11(2)20-17(19-10)25-12(3)16(23)21-18-9-13-5-6-14(22)15(8-13)24-4/h5-9,12,22H,1-4H3,(H,21,23)/b18-9-/t12-/m1/s1. The van der Waals surface area contributed by atoms with Crippen LogP contribution in [0.25, 0.3) is 0 Å². The summed E-state index contributed by atoms with van der Waals surface area (Å²) in [5.41, 5.74) is 4.90. The normalized spacial score (nSPS) is 12.2. The predicted molar refractivity (Wildman–Crippen MR) is 97.2 cm³/mol. The second-order valence-corrected chi connectivity index (χ2v) is 6.67. The Balaban J connectivity index is 1.94. The SMILES string of the molecule is COc1cc(/C=N\NC(=O)[C@@H](C)Sc2nc(C)cc(C)n2)ccc1O. The van der Waals surface area contributed by atoms with E-state index in [1.54, 1.807) is 19.1 Å². The molecule has 2 aromatic rings. The van der Waals surface area contributed by atoms with Crippen molar-refractivity contribution < 1.29 is 14.6 Å². The Morgan fingerprint density at radius 2 is 2.00 bits per heavy atom. The Morgan fingerprint density at radius 1 is 1.32 bits per heavy atom. The first-order valence-corrected chi connectivity index (χ1v) is 8.46. The van der Waals surface area contributed by atoms with Crippen LogP contribution in [-0.4, -0.2) is 39.6 Å². The number of amides is 1. The van der Waals surface area contributed by atoms with E-state index >= 15 is 0 Å². The summed E-state index contributed by atoms with van der Waals surface area (Å²) >= 11 is 1.27. The first-order valence-electron chi connectivity index (χ1n) is 7.58. The molecule has 0 bridgehead atoms. The number of nitrogens with zero attached hydrogens (tertiary/aromatic N) is 3. The van der Waals surface area contributed by atoms with E-state index in [1.165, 1.54) is 31.2 Å². The summed E-state index contributed by atoms with van der Waals surface area (Å²) in [4.78, 5) is 20.7. The van der Waals surface area contributed by atoms with E-state index in [0.717, 1.165) is 11.4 Å². The Labute approximate surface area is 150 Å². The molecule has 132 valence electrons. The number of hydrogen-bond acceptors (Lipinski definition) is 7. The van der Waals surface area contributed by atoms with Gasteiger partial charge < -0.3 is 9.84 Å². The Morgan fingerprint density at radius 3 is 2.64 bits per heavy atom. The lowest BCUT2D eigenvalue weighted by atomic mass is 10.2. The summed E-state index contributed by atoms with van der Waals surface area (Å²) in [5.74, 6) is 0.128. The average Bonchev–Trinajstić information content (AvgIpc) is 2.55. The van der Waals surface area contributed by atoms with E-state index in [1.807, 2.05) is 19.9 Å². The number of methoxy groups -OCH3 is 1. The molecule has 1 aromatic carbocycles. The zero-order valence-electron chi connectivity index (χ0n) is 14.5. The molecule has 0 saturated carbocycles. The van der Waals surface area contributed by atoms with Gasteiger partial charge in [-0.15, -0.1) is 0 Å². The third kappa shape index (κ3) is 5.46. The predicted octanol–water partition coefficient (Wildman–Crippen LogP) is 2.44. The number of rotatable bonds is 6. The van der Waals surface area contributed by atoms with Gasteiger partial charge in [-0.05, 0) is 50.6 Å². The number of hydrazone groups is 1. The van der Waals surface area contributed by atoms with E-state index in [2.05, 4.69) is 20.5 Å². The smallest absolute Gasteiger partial charge is 0.253 e. The molecule has 2 N–H and O–H groups in total. The summed E-state index contributed by atoms with van der Waals surface area (Å²) in [6.45, 7) is 5.54. The highest BCUT2D eigenvalue weighted by molar-refractivity contribution is 8.00. The highest BCUT2D eigenvalue weighted by atomic mass is 32.2. The number of nitrogens with one attached hydrogen (secondary N) is 1. The van der Waals surface area contributed by atoms with E-state index in [0.29, 0.717) is 16.5 Å². The molecule has 1 amide bonds. The van der Waals surface area contributed by atoms with Crippen molar-refractivity contribution in [1.29, 1.82) is 0 Å². The summed E-state index contributed by atoms with van der Waals surface area (Å²) in [6, 6.07) is 6.66. The molecular weight excluding hydrogens is 340 g/mol. The summed E-state index contributed by atoms with van der Waals surface area (Å²) in [5, 5.41) is 13.6. The second-order valence-electron chi connectivity index (χ2n) is 5.36. The van der Waals surface area contributed by atoms with Crippen LogP contribution in [0.15, 0.2) is 34.5 Å². The molecular formula is C17H20N4O3S.